The number of amides is 3. The molecule has 4 aliphatic heterocycles. The number of methoxy groups -OCH3 is 1. The Morgan fingerprint density at radius 1 is 0.981 bits per heavy atom. The van der Waals surface area contributed by atoms with Gasteiger partial charge in [-0.1, -0.05) is 55.5 Å². The van der Waals surface area contributed by atoms with E-state index >= 15 is 4.11 Å². The molecule has 1 fully saturated rings. The molecule has 280 valence electrons. The zero-order valence-electron chi connectivity index (χ0n) is 30.8. The fraction of sp³-hybridized carbons (Fsp3) is 0.357. The Kier molecular flexibility index (Phi) is 9.10. The van der Waals surface area contributed by atoms with Gasteiger partial charge in [-0.15, -0.1) is 0 Å². The number of aliphatic hydroxyl groups is 1. The maximum absolute atomic E-state index is 16.6. The van der Waals surface area contributed by atoms with E-state index in [-0.39, 0.29) is 43.9 Å². The van der Waals surface area contributed by atoms with Crippen LogP contribution in [0.3, 0.4) is 0 Å². The monoisotopic (exact) mass is 749 g/mol. The van der Waals surface area contributed by atoms with Gasteiger partial charge in [-0.2, -0.15) is 0 Å². The van der Waals surface area contributed by atoms with E-state index in [1.807, 2.05) is 85.8 Å². The number of ether oxygens (including phenoxy) is 3. The Hall–Kier alpha value is -5.04. The van der Waals surface area contributed by atoms with Gasteiger partial charge >= 0.3 is 0 Å². The summed E-state index contributed by atoms with van der Waals surface area (Å²) in [6.07, 6.45) is -0.464. The lowest BCUT2D eigenvalue weighted by Gasteiger charge is -2.37. The third-order valence-corrected chi connectivity index (χ3v) is 14.1. The van der Waals surface area contributed by atoms with Crippen LogP contribution in [0.5, 0.6) is 11.5 Å². The molecule has 8 rings (SSSR count). The average molecular weight is 750 g/mol. The van der Waals surface area contributed by atoms with Gasteiger partial charge in [-0.05, 0) is 78.7 Å². The standard InChI is InChI=1S/C42H44FN3O7Si/c1-26-40(54(3,4)43)37(21-38(48)44-23-29-10-6-5-9-28(29)19-31(44)24-47)53-42(26)33-20-32(51-2)17-18-34(33)45(41(42)50)22-27-13-15-30(16-14-27)46-35-11-7-8-12-36(35)52-25-39(46)49/h5-18,20,26,31,37,40,47H,19,21-25H2,1-4H3/t26-,31-,37+,40-,42+/m0/s1. The smallest absolute Gasteiger partial charge is 0.269 e. The SMILES string of the molecule is COc1ccc2c(c1)[C@@]1(O[C@H](CC(=O)N3Cc4ccccc4C[C@H]3CO)[C@@H]([Si](C)(C)F)[C@@H]1C)C(=O)N2Cc1ccc(N2C(=O)COc3ccccc32)cc1. The van der Waals surface area contributed by atoms with Gasteiger partial charge in [0.25, 0.3) is 11.8 Å². The Balaban J connectivity index is 1.10. The van der Waals surface area contributed by atoms with Crippen molar-refractivity contribution in [2.45, 2.75) is 69.2 Å². The molecule has 5 atom stereocenters. The second-order valence-corrected chi connectivity index (χ2v) is 19.0. The minimum absolute atomic E-state index is 0.0678. The summed E-state index contributed by atoms with van der Waals surface area (Å²) < 4.78 is 34.7. The summed E-state index contributed by atoms with van der Waals surface area (Å²) >= 11 is 0. The third-order valence-electron chi connectivity index (χ3n) is 11.7. The van der Waals surface area contributed by atoms with Gasteiger partial charge in [0.05, 0.1) is 50.2 Å². The molecular weight excluding hydrogens is 706 g/mol. The largest absolute Gasteiger partial charge is 0.497 e. The number of carbonyl (C=O) groups excluding carboxylic acids is 3. The molecular formula is C42H44FN3O7Si. The van der Waals surface area contributed by atoms with Crippen LogP contribution in [-0.4, -0.2) is 68.6 Å². The number of anilines is 3. The Bertz CT molecular complexity index is 2120. The van der Waals surface area contributed by atoms with Crippen molar-refractivity contribution < 1.29 is 37.8 Å². The van der Waals surface area contributed by atoms with Crippen LogP contribution >= 0.6 is 0 Å². The minimum atomic E-state index is -3.55. The van der Waals surface area contributed by atoms with Gasteiger partial charge in [-0.25, -0.2) is 0 Å². The molecule has 54 heavy (non-hydrogen) atoms. The molecule has 12 heteroatoms. The molecule has 1 saturated heterocycles. The summed E-state index contributed by atoms with van der Waals surface area (Å²) in [6.45, 7) is 5.37. The lowest BCUT2D eigenvalue weighted by molar-refractivity contribution is -0.151. The zero-order chi connectivity index (χ0) is 37.9. The summed E-state index contributed by atoms with van der Waals surface area (Å²) in [5.41, 5.74) is 3.25. The van der Waals surface area contributed by atoms with E-state index in [2.05, 4.69) is 0 Å². The molecule has 1 N–H and O–H groups in total. The molecule has 1 spiro atoms. The molecule has 4 aliphatic rings. The highest BCUT2D eigenvalue weighted by molar-refractivity contribution is 6.72. The van der Waals surface area contributed by atoms with Crippen LogP contribution in [0.15, 0.2) is 91.0 Å². The van der Waals surface area contributed by atoms with E-state index < -0.39 is 37.6 Å². The predicted octanol–water partition coefficient (Wildman–Crippen LogP) is 6.41. The first-order valence-corrected chi connectivity index (χ1v) is 21.4. The van der Waals surface area contributed by atoms with E-state index in [4.69, 9.17) is 14.2 Å². The van der Waals surface area contributed by atoms with E-state index in [1.165, 1.54) is 0 Å². The number of fused-ring (bicyclic) bond motifs is 4. The summed E-state index contributed by atoms with van der Waals surface area (Å²) in [5.74, 6) is -0.195. The quantitative estimate of drug-likeness (QED) is 0.164. The van der Waals surface area contributed by atoms with Crippen molar-refractivity contribution in [3.63, 3.8) is 0 Å². The Morgan fingerprint density at radius 3 is 2.43 bits per heavy atom. The second-order valence-electron chi connectivity index (χ2n) is 15.2. The molecule has 4 aromatic rings. The van der Waals surface area contributed by atoms with Gasteiger partial charge in [0.15, 0.2) is 12.2 Å². The van der Waals surface area contributed by atoms with Crippen molar-refractivity contribution in [1.82, 2.24) is 4.90 Å². The molecule has 0 aromatic heterocycles. The highest BCUT2D eigenvalue weighted by Crippen LogP contribution is 2.61. The van der Waals surface area contributed by atoms with Crippen LogP contribution in [0, 0.1) is 5.92 Å². The molecule has 10 nitrogen and oxygen atoms in total. The van der Waals surface area contributed by atoms with Crippen LogP contribution in [0.25, 0.3) is 0 Å². The maximum Gasteiger partial charge on any atom is 0.269 e. The van der Waals surface area contributed by atoms with Crippen LogP contribution in [-0.2, 0) is 44.2 Å². The highest BCUT2D eigenvalue weighted by Gasteiger charge is 2.67. The topological polar surface area (TPSA) is 109 Å². The van der Waals surface area contributed by atoms with Gasteiger partial charge in [0.2, 0.25) is 14.3 Å². The minimum Gasteiger partial charge on any atom is -0.497 e. The number of carbonyl (C=O) groups is 3. The summed E-state index contributed by atoms with van der Waals surface area (Å²) in [7, 11) is -2.00. The number of hydrogen-bond donors (Lipinski definition) is 1. The van der Waals surface area contributed by atoms with Crippen molar-refractivity contribution in [1.29, 1.82) is 0 Å². The van der Waals surface area contributed by atoms with Crippen LogP contribution in [0.2, 0.25) is 18.6 Å². The van der Waals surface area contributed by atoms with Crippen molar-refractivity contribution in [3.05, 3.63) is 113 Å². The average Bonchev–Trinajstić information content (AvgIpc) is 3.59. The van der Waals surface area contributed by atoms with Gasteiger partial charge in [0, 0.05) is 29.3 Å². The molecule has 0 bridgehead atoms. The first-order chi connectivity index (χ1) is 25.9. The highest BCUT2D eigenvalue weighted by atomic mass is 28.4. The van der Waals surface area contributed by atoms with Gasteiger partial charge < -0.3 is 33.2 Å². The van der Waals surface area contributed by atoms with Crippen LogP contribution in [0.1, 0.15) is 35.6 Å². The summed E-state index contributed by atoms with van der Waals surface area (Å²) in [5, 5.41) is 10.3. The van der Waals surface area contributed by atoms with E-state index in [0.717, 1.165) is 16.7 Å². The lowest BCUT2D eigenvalue weighted by Crippen LogP contribution is -2.48. The van der Waals surface area contributed by atoms with Crippen molar-refractivity contribution >= 4 is 43.2 Å². The summed E-state index contributed by atoms with van der Waals surface area (Å²) in [4.78, 5) is 47.1. The third kappa shape index (κ3) is 5.87. The molecule has 0 saturated carbocycles. The molecule has 0 unspecified atom stereocenters. The van der Waals surface area contributed by atoms with Crippen molar-refractivity contribution in [3.8, 4) is 11.5 Å². The van der Waals surface area contributed by atoms with E-state index in [0.29, 0.717) is 47.1 Å². The Morgan fingerprint density at radius 2 is 1.70 bits per heavy atom. The fourth-order valence-electron chi connectivity index (χ4n) is 9.16. The van der Waals surface area contributed by atoms with Gasteiger partial charge in [-0.3, -0.25) is 19.3 Å². The van der Waals surface area contributed by atoms with E-state index in [1.54, 1.807) is 47.0 Å². The lowest BCUT2D eigenvalue weighted by atomic mass is 9.82. The normalized spacial score (nSPS) is 24.7. The zero-order valence-corrected chi connectivity index (χ0v) is 31.8. The predicted molar refractivity (Wildman–Crippen MR) is 204 cm³/mol. The van der Waals surface area contributed by atoms with Gasteiger partial charge in [0.1, 0.15) is 11.5 Å². The first kappa shape index (κ1) is 36.0. The van der Waals surface area contributed by atoms with Crippen LogP contribution < -0.4 is 19.3 Å². The number of rotatable bonds is 8. The number of hydrogen-bond acceptors (Lipinski definition) is 7. The Labute approximate surface area is 315 Å². The van der Waals surface area contributed by atoms with Crippen molar-refractivity contribution in [2.24, 2.45) is 5.92 Å². The number of aliphatic hydroxyl groups excluding tert-OH is 1. The molecule has 4 aromatic carbocycles. The number of nitrogens with zero attached hydrogens (tertiary/aromatic N) is 3. The number of benzene rings is 4. The second kappa shape index (κ2) is 13.7. The molecule has 3 amide bonds. The first-order valence-electron chi connectivity index (χ1n) is 18.4. The number of halogens is 1. The van der Waals surface area contributed by atoms with Crippen molar-refractivity contribution in [2.75, 3.05) is 30.1 Å². The fourth-order valence-corrected chi connectivity index (χ4v) is 11.7. The van der Waals surface area contributed by atoms with Crippen LogP contribution in [0.4, 0.5) is 21.2 Å². The maximum atomic E-state index is 16.6. The number of para-hydroxylation sites is 2. The molecule has 0 radical (unpaired) electrons. The molecule has 4 heterocycles. The molecule has 0 aliphatic carbocycles. The summed E-state index contributed by atoms with van der Waals surface area (Å²) in [6, 6.07) is 27.7. The van der Waals surface area contributed by atoms with E-state index in [9.17, 15) is 19.5 Å².